The number of fused-ring (bicyclic) bond motifs is 3. The molecular weight excluding hydrogens is 660 g/mol. The van der Waals surface area contributed by atoms with E-state index in [-0.39, 0.29) is 43.4 Å². The van der Waals surface area contributed by atoms with Crippen molar-refractivity contribution in [3.63, 3.8) is 0 Å². The summed E-state index contributed by atoms with van der Waals surface area (Å²) in [7, 11) is 2.96. The van der Waals surface area contributed by atoms with E-state index in [0.29, 0.717) is 56.4 Å². The first-order chi connectivity index (χ1) is 24.8. The van der Waals surface area contributed by atoms with Crippen LogP contribution in [0.1, 0.15) is 50.9 Å². The van der Waals surface area contributed by atoms with E-state index in [0.717, 1.165) is 0 Å². The third-order valence-electron chi connectivity index (χ3n) is 9.74. The summed E-state index contributed by atoms with van der Waals surface area (Å²) in [5.74, 6) is -1.35. The highest BCUT2D eigenvalue weighted by Crippen LogP contribution is 2.55. The van der Waals surface area contributed by atoms with Crippen molar-refractivity contribution in [3.8, 4) is 23.0 Å². The van der Waals surface area contributed by atoms with Gasteiger partial charge < -0.3 is 39.2 Å². The first-order valence-corrected chi connectivity index (χ1v) is 16.2. The van der Waals surface area contributed by atoms with Crippen LogP contribution >= 0.6 is 0 Å². The smallest absolute Gasteiger partial charge is 0.310 e. The molecule has 7 rings (SSSR count). The van der Waals surface area contributed by atoms with Crippen LogP contribution in [0.5, 0.6) is 23.0 Å². The molecule has 2 heterocycles. The number of nitrogens with zero attached hydrogens (tertiary/aromatic N) is 1. The topological polar surface area (TPSA) is 176 Å². The summed E-state index contributed by atoms with van der Waals surface area (Å²) in [6, 6.07) is 19.1. The number of aliphatic hydroxyl groups is 2. The van der Waals surface area contributed by atoms with Gasteiger partial charge in [-0.3, -0.25) is 19.7 Å². The first kappa shape index (κ1) is 33.6. The van der Waals surface area contributed by atoms with Crippen molar-refractivity contribution in [3.05, 3.63) is 122 Å². The number of benzene rings is 4. The molecule has 13 nitrogen and oxygen atoms in total. The average molecular weight is 695 g/mol. The van der Waals surface area contributed by atoms with Crippen LogP contribution < -0.4 is 24.3 Å². The van der Waals surface area contributed by atoms with Gasteiger partial charge in [-0.05, 0) is 64.2 Å². The highest BCUT2D eigenvalue weighted by Gasteiger charge is 2.53. The van der Waals surface area contributed by atoms with Crippen LogP contribution in [0.2, 0.25) is 0 Å². The van der Waals surface area contributed by atoms with Crippen LogP contribution in [0.15, 0.2) is 72.8 Å². The lowest BCUT2D eigenvalue weighted by atomic mass is 9.65. The maximum Gasteiger partial charge on any atom is 0.310 e. The Labute approximate surface area is 292 Å². The SMILES string of the molecule is COc1cc([C@@H]2c3cc4c(cc3[C@@H](NC(=O)/C(=C/c3ccccc3[N+](=O)[O-])c3ccccc3CO)[C@H]3COC(=O)[C@H]23)OCO4)cc(CO)c1OC. The van der Waals surface area contributed by atoms with E-state index in [4.69, 9.17) is 23.7 Å². The Morgan fingerprint density at radius 2 is 1.65 bits per heavy atom. The quantitative estimate of drug-likeness (QED) is 0.0692. The number of hydrogen-bond acceptors (Lipinski definition) is 11. The summed E-state index contributed by atoms with van der Waals surface area (Å²) in [5, 5.41) is 35.6. The number of nitro benzene ring substituents is 1. The zero-order valence-corrected chi connectivity index (χ0v) is 27.7. The molecule has 4 aromatic rings. The predicted octanol–water partition coefficient (Wildman–Crippen LogP) is 4.66. The Morgan fingerprint density at radius 3 is 2.35 bits per heavy atom. The first-order valence-electron chi connectivity index (χ1n) is 16.2. The number of ether oxygens (including phenoxy) is 5. The second-order valence-corrected chi connectivity index (χ2v) is 12.3. The molecule has 3 aliphatic rings. The summed E-state index contributed by atoms with van der Waals surface area (Å²) in [6.07, 6.45) is 1.43. The normalized spacial score (nSPS) is 20.2. The molecule has 0 aromatic heterocycles. The van der Waals surface area contributed by atoms with Gasteiger partial charge in [-0.2, -0.15) is 0 Å². The van der Waals surface area contributed by atoms with Crippen LogP contribution in [-0.2, 0) is 27.5 Å². The molecule has 262 valence electrons. The number of carbonyl (C=O) groups is 2. The van der Waals surface area contributed by atoms with E-state index in [1.807, 2.05) is 0 Å². The number of nitro groups is 1. The predicted molar refractivity (Wildman–Crippen MR) is 182 cm³/mol. The molecule has 0 bridgehead atoms. The fraction of sp³-hybridized carbons (Fsp3) is 0.263. The molecule has 0 unspecified atom stereocenters. The zero-order valence-electron chi connectivity index (χ0n) is 27.7. The molecule has 4 aromatic carbocycles. The van der Waals surface area contributed by atoms with Crippen molar-refractivity contribution in [2.45, 2.75) is 25.2 Å². The van der Waals surface area contributed by atoms with Crippen LogP contribution in [-0.4, -0.2) is 54.6 Å². The number of methoxy groups -OCH3 is 2. The van der Waals surface area contributed by atoms with Gasteiger partial charge in [0.05, 0.1) is 56.5 Å². The summed E-state index contributed by atoms with van der Waals surface area (Å²) >= 11 is 0. The molecule has 1 aliphatic carbocycles. The Kier molecular flexibility index (Phi) is 9.06. The second kappa shape index (κ2) is 13.8. The summed E-state index contributed by atoms with van der Waals surface area (Å²) in [4.78, 5) is 39.7. The largest absolute Gasteiger partial charge is 0.493 e. The Balaban J connectivity index is 1.39. The standard InChI is InChI=1S/C38H34N2O11/c1-47-32-13-22(11-23(17-42)36(32)48-2)33-25-14-30-31(51-19-50-30)15-26(25)35(28-18-49-38(44)34(28)33)39-37(43)27(24-9-5-3-8-21(24)16-41)12-20-7-4-6-10-29(20)40(45)46/h3-15,28,33-35,41-42H,16-19H2,1-2H3,(H,39,43)/b27-12+/t28-,33+,34-,35+/m0/s1. The van der Waals surface area contributed by atoms with Crippen molar-refractivity contribution in [2.24, 2.45) is 11.8 Å². The Morgan fingerprint density at radius 1 is 0.941 bits per heavy atom. The lowest BCUT2D eigenvalue weighted by Crippen LogP contribution is -2.43. The van der Waals surface area contributed by atoms with Gasteiger partial charge in [0.25, 0.3) is 11.6 Å². The van der Waals surface area contributed by atoms with Gasteiger partial charge in [0.2, 0.25) is 6.79 Å². The van der Waals surface area contributed by atoms with Gasteiger partial charge in [-0.15, -0.1) is 0 Å². The molecule has 1 amide bonds. The molecule has 1 fully saturated rings. The number of cyclic esters (lactones) is 1. The summed E-state index contributed by atoms with van der Waals surface area (Å²) in [5.41, 5.74) is 3.33. The van der Waals surface area contributed by atoms with E-state index in [9.17, 15) is 29.9 Å². The average Bonchev–Trinajstić information content (AvgIpc) is 3.78. The van der Waals surface area contributed by atoms with Crippen LogP contribution in [0.25, 0.3) is 11.6 Å². The molecule has 51 heavy (non-hydrogen) atoms. The maximum atomic E-state index is 14.6. The molecule has 2 aliphatic heterocycles. The van der Waals surface area contributed by atoms with Crippen molar-refractivity contribution >= 4 is 29.2 Å². The summed E-state index contributed by atoms with van der Waals surface area (Å²) in [6.45, 7) is -0.755. The van der Waals surface area contributed by atoms with Gasteiger partial charge in [-0.1, -0.05) is 36.4 Å². The summed E-state index contributed by atoms with van der Waals surface area (Å²) < 4.78 is 28.3. The Hall–Kier alpha value is -5.92. The number of amides is 1. The van der Waals surface area contributed by atoms with Crippen molar-refractivity contribution in [1.29, 1.82) is 0 Å². The third-order valence-corrected chi connectivity index (χ3v) is 9.74. The fourth-order valence-corrected chi connectivity index (χ4v) is 7.45. The van der Waals surface area contributed by atoms with Crippen molar-refractivity contribution in [2.75, 3.05) is 27.6 Å². The van der Waals surface area contributed by atoms with E-state index in [2.05, 4.69) is 5.32 Å². The number of para-hydroxylation sites is 1. The van der Waals surface area contributed by atoms with E-state index >= 15 is 0 Å². The fourth-order valence-electron chi connectivity index (χ4n) is 7.45. The van der Waals surface area contributed by atoms with Gasteiger partial charge >= 0.3 is 5.97 Å². The van der Waals surface area contributed by atoms with Crippen molar-refractivity contribution in [1.82, 2.24) is 5.32 Å². The number of hydrogen-bond donors (Lipinski definition) is 3. The van der Waals surface area contributed by atoms with Crippen LogP contribution in [0, 0.1) is 22.0 Å². The second-order valence-electron chi connectivity index (χ2n) is 12.3. The van der Waals surface area contributed by atoms with E-state index in [1.54, 1.807) is 54.6 Å². The molecule has 0 saturated carbocycles. The van der Waals surface area contributed by atoms with Crippen molar-refractivity contribution < 1.29 is 48.4 Å². The number of rotatable bonds is 10. The highest BCUT2D eigenvalue weighted by atomic mass is 16.7. The molecule has 13 heteroatoms. The van der Waals surface area contributed by atoms with E-state index < -0.39 is 40.6 Å². The van der Waals surface area contributed by atoms with Crippen LogP contribution in [0.3, 0.4) is 0 Å². The molecule has 4 atom stereocenters. The number of esters is 1. The lowest BCUT2D eigenvalue weighted by molar-refractivity contribution is -0.385. The molecule has 0 radical (unpaired) electrons. The molecule has 3 N–H and O–H groups in total. The van der Waals surface area contributed by atoms with E-state index in [1.165, 1.54) is 38.5 Å². The van der Waals surface area contributed by atoms with Gasteiger partial charge in [0.15, 0.2) is 23.0 Å². The number of nitrogens with one attached hydrogen (secondary N) is 1. The Bertz CT molecular complexity index is 2050. The lowest BCUT2D eigenvalue weighted by Gasteiger charge is -2.39. The zero-order chi connectivity index (χ0) is 35.8. The van der Waals surface area contributed by atoms with Gasteiger partial charge in [0.1, 0.15) is 0 Å². The van der Waals surface area contributed by atoms with Gasteiger partial charge in [0, 0.05) is 29.0 Å². The number of carbonyl (C=O) groups excluding carboxylic acids is 2. The molecular formula is C38H34N2O11. The minimum absolute atomic E-state index is 0.00456. The third kappa shape index (κ3) is 5.89. The molecule has 0 spiro atoms. The van der Waals surface area contributed by atoms with Gasteiger partial charge in [-0.25, -0.2) is 0 Å². The molecule has 1 saturated heterocycles. The minimum atomic E-state index is -0.789. The van der Waals surface area contributed by atoms with Crippen LogP contribution in [0.4, 0.5) is 5.69 Å². The highest BCUT2D eigenvalue weighted by molar-refractivity contribution is 6.25. The monoisotopic (exact) mass is 694 g/mol. The maximum absolute atomic E-state index is 14.6. The number of aliphatic hydroxyl groups excluding tert-OH is 2. The minimum Gasteiger partial charge on any atom is -0.493 e.